The van der Waals surface area contributed by atoms with Crippen LogP contribution in [0.4, 0.5) is 46.4 Å². The summed E-state index contributed by atoms with van der Waals surface area (Å²) in [7, 11) is 16.8. The molecule has 3 saturated heterocycles. The van der Waals surface area contributed by atoms with E-state index in [0.29, 0.717) is 48.6 Å². The standard InChI is InChI=1S/2C19H27N5O2.C13H20N2O2.C6H8ClN3/c2*1-13-9-18(20-2)23-19(21-13)22-15-5-6-16(25-4)17(10-15)26-12-14-7-8-24(3)11-14;1-15-6-5-10(8-15)9-17-13-7-11(14)3-4-12(13)16-2;1-4-3-5(8-2)10-6(7)9-4/h2*5-6,9-10,14H,7-8,11-12H2,1-4H3,(H2,20,21,22,23);3-4,7,10H,5-6,8-9,14H2,1-2H3;3H,1-2H3,(H,8,9,10)/t2*14-;;/m10../s1. The van der Waals surface area contributed by atoms with Gasteiger partial charge in [-0.05, 0) is 129 Å². The highest BCUT2D eigenvalue weighted by Gasteiger charge is 2.23. The molecule has 22 heteroatoms. The summed E-state index contributed by atoms with van der Waals surface area (Å²) in [4.78, 5) is 32.5. The van der Waals surface area contributed by atoms with Crippen LogP contribution in [0.25, 0.3) is 0 Å². The van der Waals surface area contributed by atoms with Gasteiger partial charge in [-0.25, -0.2) is 19.9 Å². The minimum absolute atomic E-state index is 0.282. The monoisotopic (exact) mass is 1110 g/mol. The Balaban J connectivity index is 0.000000179. The molecule has 0 saturated carbocycles. The van der Waals surface area contributed by atoms with Crippen molar-refractivity contribution in [1.29, 1.82) is 0 Å². The summed E-state index contributed by atoms with van der Waals surface area (Å²) >= 11 is 5.57. The molecule has 3 aromatic carbocycles. The topological polar surface area (TPSA) is 229 Å². The molecule has 3 fully saturated rings. The first kappa shape index (κ1) is 60.9. The van der Waals surface area contributed by atoms with Gasteiger partial charge in [-0.1, -0.05) is 0 Å². The molecule has 21 nitrogen and oxygen atoms in total. The van der Waals surface area contributed by atoms with E-state index in [1.807, 2.05) is 108 Å². The first-order valence-corrected chi connectivity index (χ1v) is 27.0. The summed E-state index contributed by atoms with van der Waals surface area (Å²) in [6.07, 6.45) is 3.53. The molecule has 3 aromatic heterocycles. The summed E-state index contributed by atoms with van der Waals surface area (Å²) in [5.41, 5.74) is 10.8. The van der Waals surface area contributed by atoms with Crippen molar-refractivity contribution in [3.63, 3.8) is 0 Å². The first-order valence-electron chi connectivity index (χ1n) is 26.6. The van der Waals surface area contributed by atoms with Crippen molar-refractivity contribution in [1.82, 2.24) is 44.6 Å². The van der Waals surface area contributed by atoms with Crippen molar-refractivity contribution in [2.45, 2.75) is 40.0 Å². The van der Waals surface area contributed by atoms with Crippen molar-refractivity contribution < 1.29 is 28.4 Å². The first-order chi connectivity index (χ1) is 38.0. The third-order valence-electron chi connectivity index (χ3n) is 13.2. The van der Waals surface area contributed by atoms with Gasteiger partial charge in [0.05, 0.1) is 41.2 Å². The zero-order chi connectivity index (χ0) is 56.8. The molecule has 0 bridgehead atoms. The van der Waals surface area contributed by atoms with Gasteiger partial charge in [0.25, 0.3) is 0 Å². The predicted molar refractivity (Wildman–Crippen MR) is 317 cm³/mol. The molecular formula is C57H82ClN15O6. The number of anilines is 8. The number of benzene rings is 3. The molecule has 7 N–H and O–H groups in total. The number of hydrogen-bond donors (Lipinski definition) is 6. The van der Waals surface area contributed by atoms with Gasteiger partial charge in [0, 0.05) is 129 Å². The number of likely N-dealkylation sites (tertiary alicyclic amines) is 3. The zero-order valence-electron chi connectivity index (χ0n) is 48.1. The lowest BCUT2D eigenvalue weighted by atomic mass is 10.1. The largest absolute Gasteiger partial charge is 0.493 e. The molecule has 428 valence electrons. The van der Waals surface area contributed by atoms with Crippen LogP contribution in [-0.4, -0.2) is 167 Å². The van der Waals surface area contributed by atoms with Gasteiger partial charge < -0.3 is 75.4 Å². The zero-order valence-corrected chi connectivity index (χ0v) is 48.8. The number of aromatic nitrogens is 6. The summed E-state index contributed by atoms with van der Waals surface area (Å²) in [5.74, 6) is 9.49. The Hall–Kier alpha value is -7.33. The summed E-state index contributed by atoms with van der Waals surface area (Å²) < 4.78 is 34.1. The summed E-state index contributed by atoms with van der Waals surface area (Å²) in [6, 6.07) is 22.6. The van der Waals surface area contributed by atoms with Crippen molar-refractivity contribution in [2.75, 3.05) is 155 Å². The SMILES string of the molecule is CNc1cc(C)nc(Cl)n1.CNc1cc(C)nc(Nc2ccc(OC)c(OC[C@@H]3CCN(C)C3)c2)n1.CNc1cc(C)nc(Nc2ccc(OC)c(OC[C@H]3CCN(C)C3)c2)n1.COc1ccc(N)cc1OCC1CCN(C)C1. The Morgan fingerprint density at radius 3 is 1.18 bits per heavy atom. The van der Waals surface area contributed by atoms with Crippen LogP contribution in [-0.2, 0) is 0 Å². The number of nitrogens with two attached hydrogens (primary N) is 1. The van der Waals surface area contributed by atoms with Gasteiger partial charge in [0.15, 0.2) is 34.5 Å². The molecule has 6 heterocycles. The predicted octanol–water partition coefficient (Wildman–Crippen LogP) is 8.91. The van der Waals surface area contributed by atoms with Crippen LogP contribution in [0.1, 0.15) is 36.3 Å². The van der Waals surface area contributed by atoms with Gasteiger partial charge in [-0.15, -0.1) is 0 Å². The van der Waals surface area contributed by atoms with E-state index < -0.39 is 0 Å². The molecule has 1 unspecified atom stereocenters. The maximum absolute atomic E-state index is 6.06. The molecular weight excluding hydrogens is 1030 g/mol. The molecule has 3 aliphatic heterocycles. The van der Waals surface area contributed by atoms with Crippen molar-refractivity contribution in [3.8, 4) is 34.5 Å². The van der Waals surface area contributed by atoms with E-state index in [1.165, 1.54) is 19.3 Å². The van der Waals surface area contributed by atoms with Crippen molar-refractivity contribution in [3.05, 3.63) is 95.2 Å². The average molecular weight is 1110 g/mol. The summed E-state index contributed by atoms with van der Waals surface area (Å²) in [6.45, 7) is 14.5. The number of rotatable bonds is 19. The number of halogens is 1. The van der Waals surface area contributed by atoms with E-state index in [4.69, 9.17) is 45.8 Å². The van der Waals surface area contributed by atoms with Crippen LogP contribution in [0, 0.1) is 38.5 Å². The number of ether oxygens (including phenoxy) is 6. The number of hydrogen-bond acceptors (Lipinski definition) is 21. The van der Waals surface area contributed by atoms with Crippen molar-refractivity contribution in [2.24, 2.45) is 17.8 Å². The van der Waals surface area contributed by atoms with Crippen LogP contribution in [0.15, 0.2) is 72.8 Å². The van der Waals surface area contributed by atoms with E-state index in [9.17, 15) is 0 Å². The highest BCUT2D eigenvalue weighted by molar-refractivity contribution is 6.28. The van der Waals surface area contributed by atoms with Crippen molar-refractivity contribution >= 4 is 58.0 Å². The van der Waals surface area contributed by atoms with E-state index in [2.05, 4.69) is 92.3 Å². The Labute approximate surface area is 471 Å². The molecule has 6 aromatic rings. The van der Waals surface area contributed by atoms with Crippen LogP contribution in [0.5, 0.6) is 34.5 Å². The van der Waals surface area contributed by atoms with E-state index >= 15 is 0 Å². The van der Waals surface area contributed by atoms with E-state index in [1.54, 1.807) is 28.4 Å². The average Bonchev–Trinajstić information content (AvgIpc) is 4.19. The lowest BCUT2D eigenvalue weighted by Gasteiger charge is -2.16. The maximum Gasteiger partial charge on any atom is 0.229 e. The van der Waals surface area contributed by atoms with E-state index in [0.717, 1.165) is 126 Å². The van der Waals surface area contributed by atoms with E-state index in [-0.39, 0.29) is 5.28 Å². The Kier molecular flexibility index (Phi) is 23.7. The molecule has 3 atom stereocenters. The number of aryl methyl sites for hydroxylation is 3. The molecule has 79 heavy (non-hydrogen) atoms. The Bertz CT molecular complexity index is 2700. The Morgan fingerprint density at radius 1 is 0.481 bits per heavy atom. The van der Waals surface area contributed by atoms with Crippen LogP contribution < -0.4 is 60.7 Å². The molecule has 3 aliphatic rings. The highest BCUT2D eigenvalue weighted by atomic mass is 35.5. The second-order valence-electron chi connectivity index (χ2n) is 19.9. The summed E-state index contributed by atoms with van der Waals surface area (Å²) in [5, 5.41) is 15.7. The third kappa shape index (κ3) is 19.8. The third-order valence-corrected chi connectivity index (χ3v) is 13.4. The van der Waals surface area contributed by atoms with Gasteiger partial charge in [-0.2, -0.15) is 9.97 Å². The normalized spacial score (nSPS) is 16.9. The van der Waals surface area contributed by atoms with Gasteiger partial charge in [-0.3, -0.25) is 0 Å². The van der Waals surface area contributed by atoms with Crippen LogP contribution >= 0.6 is 11.6 Å². The number of nitrogen functional groups attached to an aromatic ring is 1. The fourth-order valence-corrected chi connectivity index (χ4v) is 9.30. The van der Waals surface area contributed by atoms with Crippen LogP contribution in [0.2, 0.25) is 5.28 Å². The fraction of sp³-hybridized carbons (Fsp3) is 0.474. The Morgan fingerprint density at radius 2 is 0.835 bits per heavy atom. The minimum Gasteiger partial charge on any atom is -0.493 e. The lowest BCUT2D eigenvalue weighted by molar-refractivity contribution is 0.238. The number of nitrogens with one attached hydrogen (secondary N) is 5. The molecule has 0 amide bonds. The second kappa shape index (κ2) is 30.7. The fourth-order valence-electron chi connectivity index (χ4n) is 9.07. The molecule has 0 aliphatic carbocycles. The smallest absolute Gasteiger partial charge is 0.229 e. The van der Waals surface area contributed by atoms with Gasteiger partial charge in [0.2, 0.25) is 17.2 Å². The van der Waals surface area contributed by atoms with Crippen LogP contribution in [0.3, 0.4) is 0 Å². The minimum atomic E-state index is 0.282. The molecule has 0 radical (unpaired) electrons. The molecule has 0 spiro atoms. The number of methoxy groups -OCH3 is 3. The van der Waals surface area contributed by atoms with Gasteiger partial charge >= 0.3 is 0 Å². The quantitative estimate of drug-likeness (QED) is 0.0329. The highest BCUT2D eigenvalue weighted by Crippen LogP contribution is 2.34. The van der Waals surface area contributed by atoms with Gasteiger partial charge in [0.1, 0.15) is 17.5 Å². The lowest BCUT2D eigenvalue weighted by Crippen LogP contribution is -2.18. The molecule has 9 rings (SSSR count). The maximum atomic E-state index is 6.06. The number of nitrogens with zero attached hydrogens (tertiary/aromatic N) is 9. The second-order valence-corrected chi connectivity index (χ2v) is 20.3.